The summed E-state index contributed by atoms with van der Waals surface area (Å²) in [6.45, 7) is 3.24. The lowest BCUT2D eigenvalue weighted by Crippen LogP contribution is -2.14. The Hall–Kier alpha value is -2.50. The third-order valence-corrected chi connectivity index (χ3v) is 5.43. The molecule has 0 aliphatic rings. The Morgan fingerprint density at radius 1 is 1.32 bits per heavy atom. The van der Waals surface area contributed by atoms with Gasteiger partial charge in [0.05, 0.1) is 25.6 Å². The Bertz CT molecular complexity index is 929. The first-order chi connectivity index (χ1) is 13.6. The molecule has 0 spiro atoms. The fourth-order valence-electron chi connectivity index (χ4n) is 2.20. The number of carbonyl (C=O) groups excluding carboxylic acids is 1. The highest BCUT2D eigenvalue weighted by Gasteiger charge is 2.20. The van der Waals surface area contributed by atoms with Crippen molar-refractivity contribution in [1.29, 1.82) is 0 Å². The number of nitrogens with one attached hydrogen (secondary N) is 1. The van der Waals surface area contributed by atoms with Gasteiger partial charge in [-0.05, 0) is 31.2 Å². The number of hydrogen-bond donors (Lipinski definition) is 1. The van der Waals surface area contributed by atoms with Gasteiger partial charge in [-0.1, -0.05) is 23.1 Å². The van der Waals surface area contributed by atoms with E-state index < -0.39 is 5.91 Å². The number of carbonyl (C=O) groups is 1. The molecule has 0 aliphatic heterocycles. The van der Waals surface area contributed by atoms with Crippen molar-refractivity contribution in [3.8, 4) is 11.4 Å². The van der Waals surface area contributed by atoms with E-state index in [-0.39, 0.29) is 17.3 Å². The molecule has 0 saturated heterocycles. The second-order valence-electron chi connectivity index (χ2n) is 5.34. The van der Waals surface area contributed by atoms with Crippen LogP contribution in [0.1, 0.15) is 17.4 Å². The number of thioether (sulfide) groups is 1. The van der Waals surface area contributed by atoms with Crippen molar-refractivity contribution in [3.63, 3.8) is 0 Å². The van der Waals surface area contributed by atoms with E-state index in [1.54, 1.807) is 18.3 Å². The molecule has 0 radical (unpaired) electrons. The maximum Gasteiger partial charge on any atom is 0.281 e. The SMILES string of the molecule is CCOCCSc1nnc(NC(=O)c2nn(-c3ccc(F)cc3)cc2OC)s1. The van der Waals surface area contributed by atoms with Crippen LogP contribution in [0.4, 0.5) is 9.52 Å². The van der Waals surface area contributed by atoms with E-state index >= 15 is 0 Å². The number of hydrogen-bond acceptors (Lipinski definition) is 8. The molecule has 0 unspecified atom stereocenters. The van der Waals surface area contributed by atoms with E-state index in [0.29, 0.717) is 24.0 Å². The van der Waals surface area contributed by atoms with Crippen molar-refractivity contribution in [3.05, 3.63) is 42.0 Å². The molecule has 1 N–H and O–H groups in total. The molecule has 1 amide bonds. The van der Waals surface area contributed by atoms with Gasteiger partial charge in [-0.15, -0.1) is 10.2 Å². The van der Waals surface area contributed by atoms with E-state index in [1.165, 1.54) is 47.0 Å². The van der Waals surface area contributed by atoms with Crippen LogP contribution in [-0.4, -0.2) is 52.0 Å². The third-order valence-electron chi connectivity index (χ3n) is 3.49. The van der Waals surface area contributed by atoms with Gasteiger partial charge in [0.1, 0.15) is 5.82 Å². The molecule has 3 rings (SSSR count). The average Bonchev–Trinajstić information content (AvgIpc) is 3.32. The normalized spacial score (nSPS) is 10.8. The number of ether oxygens (including phenoxy) is 2. The minimum Gasteiger partial charge on any atom is -0.493 e. The highest BCUT2D eigenvalue weighted by Crippen LogP contribution is 2.27. The lowest BCUT2D eigenvalue weighted by molar-refractivity contribution is 0.101. The standard InChI is InChI=1S/C17H18FN5O3S2/c1-3-26-8-9-27-17-21-20-16(28-17)19-15(24)14-13(25-2)10-23(22-14)12-6-4-11(18)5-7-12/h4-7,10H,3,8-9H2,1-2H3,(H,19,20,24). The van der Waals surface area contributed by atoms with Gasteiger partial charge in [0.2, 0.25) is 5.13 Å². The van der Waals surface area contributed by atoms with Crippen LogP contribution in [0.5, 0.6) is 5.75 Å². The van der Waals surface area contributed by atoms with Crippen molar-refractivity contribution in [1.82, 2.24) is 20.0 Å². The monoisotopic (exact) mass is 423 g/mol. The van der Waals surface area contributed by atoms with Crippen LogP contribution in [-0.2, 0) is 4.74 Å². The van der Waals surface area contributed by atoms with Crippen molar-refractivity contribution in [2.45, 2.75) is 11.3 Å². The van der Waals surface area contributed by atoms with Crippen LogP contribution in [0, 0.1) is 5.82 Å². The Balaban J connectivity index is 1.69. The van der Waals surface area contributed by atoms with Gasteiger partial charge in [0.25, 0.3) is 5.91 Å². The first kappa shape index (κ1) is 20.2. The molecule has 28 heavy (non-hydrogen) atoms. The first-order valence-electron chi connectivity index (χ1n) is 8.35. The molecule has 8 nitrogen and oxygen atoms in total. The Kier molecular flexibility index (Phi) is 6.95. The summed E-state index contributed by atoms with van der Waals surface area (Å²) < 4.78 is 25.8. The van der Waals surface area contributed by atoms with Crippen molar-refractivity contribution in [2.75, 3.05) is 31.4 Å². The summed E-state index contributed by atoms with van der Waals surface area (Å²) in [4.78, 5) is 12.6. The number of methoxy groups -OCH3 is 1. The maximum atomic E-state index is 13.1. The van der Waals surface area contributed by atoms with Gasteiger partial charge in [0, 0.05) is 12.4 Å². The predicted octanol–water partition coefficient (Wildman–Crippen LogP) is 3.25. The van der Waals surface area contributed by atoms with Crippen LogP contribution in [0.15, 0.2) is 34.8 Å². The summed E-state index contributed by atoms with van der Waals surface area (Å²) in [7, 11) is 1.45. The first-order valence-corrected chi connectivity index (χ1v) is 10.2. The minimum atomic E-state index is -0.472. The smallest absolute Gasteiger partial charge is 0.281 e. The minimum absolute atomic E-state index is 0.0903. The van der Waals surface area contributed by atoms with Crippen LogP contribution >= 0.6 is 23.1 Å². The highest BCUT2D eigenvalue weighted by molar-refractivity contribution is 8.01. The van der Waals surface area contributed by atoms with Gasteiger partial charge in [-0.2, -0.15) is 5.10 Å². The average molecular weight is 423 g/mol. The number of halogens is 1. The van der Waals surface area contributed by atoms with Crippen molar-refractivity contribution >= 4 is 34.1 Å². The number of anilines is 1. The Labute approximate surface area is 169 Å². The molecule has 3 aromatic rings. The molecule has 0 bridgehead atoms. The van der Waals surface area contributed by atoms with E-state index in [9.17, 15) is 9.18 Å². The Morgan fingerprint density at radius 3 is 2.82 bits per heavy atom. The predicted molar refractivity (Wildman–Crippen MR) is 105 cm³/mol. The van der Waals surface area contributed by atoms with Crippen LogP contribution in [0.2, 0.25) is 0 Å². The largest absolute Gasteiger partial charge is 0.493 e. The molecular weight excluding hydrogens is 405 g/mol. The van der Waals surface area contributed by atoms with Gasteiger partial charge in [0.15, 0.2) is 15.8 Å². The summed E-state index contributed by atoms with van der Waals surface area (Å²) in [5.74, 6) is 0.219. The summed E-state index contributed by atoms with van der Waals surface area (Å²) in [5.41, 5.74) is 0.690. The molecule has 0 atom stereocenters. The number of nitrogens with zero attached hydrogens (tertiary/aromatic N) is 4. The second kappa shape index (κ2) is 9.62. The zero-order chi connectivity index (χ0) is 19.9. The molecule has 11 heteroatoms. The van der Waals surface area contributed by atoms with Crippen LogP contribution < -0.4 is 10.1 Å². The molecule has 148 valence electrons. The summed E-state index contributed by atoms with van der Waals surface area (Å²) in [6, 6.07) is 5.74. The third kappa shape index (κ3) is 5.06. The van der Waals surface area contributed by atoms with E-state index in [4.69, 9.17) is 9.47 Å². The van der Waals surface area contributed by atoms with E-state index in [1.807, 2.05) is 6.92 Å². The maximum absolute atomic E-state index is 13.1. The fraction of sp³-hybridized carbons (Fsp3) is 0.294. The van der Waals surface area contributed by atoms with E-state index in [2.05, 4.69) is 20.6 Å². The molecule has 1 aromatic carbocycles. The molecule has 2 aromatic heterocycles. The zero-order valence-corrected chi connectivity index (χ0v) is 16.8. The number of aromatic nitrogens is 4. The van der Waals surface area contributed by atoms with Crippen LogP contribution in [0.25, 0.3) is 5.69 Å². The second-order valence-corrected chi connectivity index (χ2v) is 7.66. The molecule has 0 saturated carbocycles. The fourth-order valence-corrected chi connectivity index (χ4v) is 3.87. The zero-order valence-electron chi connectivity index (χ0n) is 15.2. The van der Waals surface area contributed by atoms with Gasteiger partial charge in [-0.25, -0.2) is 9.07 Å². The number of rotatable bonds is 9. The molecule has 0 aliphatic carbocycles. The molecule has 2 heterocycles. The van der Waals surface area contributed by atoms with Crippen molar-refractivity contribution in [2.24, 2.45) is 0 Å². The van der Waals surface area contributed by atoms with E-state index in [0.717, 1.165) is 10.1 Å². The lowest BCUT2D eigenvalue weighted by atomic mass is 10.3. The Morgan fingerprint density at radius 2 is 2.11 bits per heavy atom. The number of benzene rings is 1. The highest BCUT2D eigenvalue weighted by atomic mass is 32.2. The molecular formula is C17H18FN5O3S2. The number of amides is 1. The van der Waals surface area contributed by atoms with Crippen molar-refractivity contribution < 1.29 is 18.7 Å². The van der Waals surface area contributed by atoms with Gasteiger partial charge in [-0.3, -0.25) is 10.1 Å². The summed E-state index contributed by atoms with van der Waals surface area (Å²) in [6.07, 6.45) is 1.55. The van der Waals surface area contributed by atoms with Gasteiger partial charge >= 0.3 is 0 Å². The van der Waals surface area contributed by atoms with Crippen LogP contribution in [0.3, 0.4) is 0 Å². The van der Waals surface area contributed by atoms with Gasteiger partial charge < -0.3 is 9.47 Å². The molecule has 0 fully saturated rings. The summed E-state index contributed by atoms with van der Waals surface area (Å²) in [5, 5.41) is 15.3. The lowest BCUT2D eigenvalue weighted by Gasteiger charge is -2.00. The quantitative estimate of drug-likeness (QED) is 0.321. The summed E-state index contributed by atoms with van der Waals surface area (Å²) >= 11 is 2.78. The topological polar surface area (TPSA) is 91.2 Å².